The number of rotatable bonds is 2. The summed E-state index contributed by atoms with van der Waals surface area (Å²) in [6.45, 7) is 1.90. The Balaban J connectivity index is 1.76. The number of furan rings is 1. The lowest BCUT2D eigenvalue weighted by molar-refractivity contribution is -0.159. The molecular formula is C15H19F3N2O3. The summed E-state index contributed by atoms with van der Waals surface area (Å²) in [5, 5.41) is 12.0. The Labute approximate surface area is 131 Å². The lowest BCUT2D eigenvalue weighted by Crippen LogP contribution is -2.50. The number of urea groups is 1. The van der Waals surface area contributed by atoms with Gasteiger partial charge in [-0.25, -0.2) is 4.79 Å². The Kier molecular flexibility index (Phi) is 4.03. The molecule has 2 fully saturated rings. The first kappa shape index (κ1) is 16.2. The number of aliphatic hydroxyl groups is 1. The molecule has 1 aliphatic heterocycles. The van der Waals surface area contributed by atoms with Gasteiger partial charge in [0.05, 0.1) is 12.1 Å². The van der Waals surface area contributed by atoms with Crippen LogP contribution in [0.4, 0.5) is 18.0 Å². The molecule has 0 aromatic carbocycles. The number of nitrogens with one attached hydrogen (secondary N) is 1. The van der Waals surface area contributed by atoms with E-state index in [-0.39, 0.29) is 17.7 Å². The fraction of sp³-hybridized carbons (Fsp3) is 0.667. The number of carbonyl (C=O) groups excluding carboxylic acids is 1. The van der Waals surface area contributed by atoms with E-state index < -0.39 is 24.4 Å². The topological polar surface area (TPSA) is 65.7 Å². The molecule has 128 valence electrons. The van der Waals surface area contributed by atoms with Gasteiger partial charge in [-0.3, -0.25) is 0 Å². The number of aryl methyl sites for hydroxylation is 1. The monoisotopic (exact) mass is 332 g/mol. The fourth-order valence-corrected chi connectivity index (χ4v) is 3.64. The molecule has 23 heavy (non-hydrogen) atoms. The number of likely N-dealkylation sites (tertiary alicyclic amines) is 1. The highest BCUT2D eigenvalue weighted by molar-refractivity contribution is 5.75. The van der Waals surface area contributed by atoms with Crippen molar-refractivity contribution in [2.24, 2.45) is 5.92 Å². The normalized spacial score (nSPS) is 28.7. The number of carbonyl (C=O) groups is 1. The van der Waals surface area contributed by atoms with Crippen molar-refractivity contribution in [3.63, 3.8) is 0 Å². The van der Waals surface area contributed by atoms with Gasteiger partial charge in [0.2, 0.25) is 0 Å². The Morgan fingerprint density at radius 2 is 2.13 bits per heavy atom. The zero-order valence-electron chi connectivity index (χ0n) is 12.6. The molecule has 2 aliphatic rings. The van der Waals surface area contributed by atoms with Crippen LogP contribution in [0, 0.1) is 12.8 Å². The maximum absolute atomic E-state index is 13.3. The molecule has 1 unspecified atom stereocenters. The van der Waals surface area contributed by atoms with Gasteiger partial charge in [0, 0.05) is 6.54 Å². The number of alkyl halides is 3. The van der Waals surface area contributed by atoms with Crippen molar-refractivity contribution >= 4 is 6.03 Å². The van der Waals surface area contributed by atoms with Crippen LogP contribution >= 0.6 is 0 Å². The van der Waals surface area contributed by atoms with Crippen LogP contribution in [0.25, 0.3) is 0 Å². The van der Waals surface area contributed by atoms with E-state index in [1.165, 1.54) is 17.0 Å². The van der Waals surface area contributed by atoms with E-state index in [2.05, 4.69) is 0 Å². The van der Waals surface area contributed by atoms with Gasteiger partial charge in [-0.05, 0) is 44.2 Å². The first-order chi connectivity index (χ1) is 10.8. The van der Waals surface area contributed by atoms with Crippen molar-refractivity contribution in [2.75, 3.05) is 6.54 Å². The van der Waals surface area contributed by atoms with Crippen LogP contribution in [-0.4, -0.2) is 40.9 Å². The minimum absolute atomic E-state index is 0.172. The molecule has 3 rings (SSSR count). The number of fused-ring (bicyclic) bond motifs is 1. The van der Waals surface area contributed by atoms with E-state index >= 15 is 0 Å². The molecule has 1 aliphatic carbocycles. The second kappa shape index (κ2) is 5.74. The third-order valence-electron chi connectivity index (χ3n) is 4.71. The number of halogens is 3. The van der Waals surface area contributed by atoms with Gasteiger partial charge in [-0.1, -0.05) is 0 Å². The third kappa shape index (κ3) is 3.04. The van der Waals surface area contributed by atoms with Gasteiger partial charge < -0.3 is 19.7 Å². The average molecular weight is 332 g/mol. The van der Waals surface area contributed by atoms with Crippen LogP contribution in [0.2, 0.25) is 0 Å². The van der Waals surface area contributed by atoms with Crippen LogP contribution in [0.3, 0.4) is 0 Å². The Morgan fingerprint density at radius 1 is 1.39 bits per heavy atom. The van der Waals surface area contributed by atoms with Crippen molar-refractivity contribution in [1.82, 2.24) is 10.2 Å². The summed E-state index contributed by atoms with van der Waals surface area (Å²) in [6, 6.07) is -0.754. The molecule has 5 nitrogen and oxygen atoms in total. The predicted molar refractivity (Wildman–Crippen MR) is 74.6 cm³/mol. The second-order valence-corrected chi connectivity index (χ2v) is 6.25. The minimum atomic E-state index is -4.66. The van der Waals surface area contributed by atoms with E-state index in [9.17, 15) is 23.1 Å². The number of hydrogen-bond acceptors (Lipinski definition) is 3. The summed E-state index contributed by atoms with van der Waals surface area (Å²) in [4.78, 5) is 13.7. The summed E-state index contributed by atoms with van der Waals surface area (Å²) < 4.78 is 44.8. The van der Waals surface area contributed by atoms with E-state index in [4.69, 9.17) is 4.42 Å². The van der Waals surface area contributed by atoms with Crippen molar-refractivity contribution in [3.05, 3.63) is 23.7 Å². The van der Waals surface area contributed by atoms with Crippen molar-refractivity contribution in [2.45, 2.75) is 50.6 Å². The molecule has 0 spiro atoms. The lowest BCUT2D eigenvalue weighted by atomic mass is 10.0. The Hall–Kier alpha value is -1.70. The number of aliphatic hydroxyl groups excluding tert-OH is 1. The first-order valence-electron chi connectivity index (χ1n) is 7.65. The highest BCUT2D eigenvalue weighted by Gasteiger charge is 2.49. The quantitative estimate of drug-likeness (QED) is 0.875. The molecule has 1 saturated heterocycles. The van der Waals surface area contributed by atoms with Crippen LogP contribution in [0.15, 0.2) is 16.5 Å². The summed E-state index contributed by atoms with van der Waals surface area (Å²) in [6.07, 6.45) is -3.23. The Bertz CT molecular complexity index is 587. The van der Waals surface area contributed by atoms with Crippen molar-refractivity contribution < 1.29 is 27.5 Å². The molecule has 1 aromatic rings. The van der Waals surface area contributed by atoms with Crippen molar-refractivity contribution in [3.8, 4) is 0 Å². The SMILES string of the molecule is Cc1ccc(C(NC(=O)N2CC[C@@H]3CC[C@@H](O)[C@@H]32)C(F)(F)F)o1. The van der Waals surface area contributed by atoms with Crippen LogP contribution in [0.1, 0.15) is 36.8 Å². The molecular weight excluding hydrogens is 313 g/mol. The summed E-state index contributed by atoms with van der Waals surface area (Å²) in [5.74, 6) is 0.174. The maximum atomic E-state index is 13.3. The molecule has 2 N–H and O–H groups in total. The largest absolute Gasteiger partial charge is 0.464 e. The van der Waals surface area contributed by atoms with Gasteiger partial charge >= 0.3 is 12.2 Å². The zero-order valence-corrected chi connectivity index (χ0v) is 12.6. The van der Waals surface area contributed by atoms with E-state index in [0.717, 1.165) is 6.42 Å². The molecule has 0 bridgehead atoms. The van der Waals surface area contributed by atoms with Gasteiger partial charge in [0.15, 0.2) is 6.04 Å². The second-order valence-electron chi connectivity index (χ2n) is 6.25. The summed E-state index contributed by atoms with van der Waals surface area (Å²) in [7, 11) is 0. The van der Waals surface area contributed by atoms with Gasteiger partial charge in [0.25, 0.3) is 0 Å². The molecule has 1 aromatic heterocycles. The van der Waals surface area contributed by atoms with Crippen molar-refractivity contribution in [1.29, 1.82) is 0 Å². The standard InChI is InChI=1S/C15H19F3N2O3/c1-8-2-5-11(23-8)13(15(16,17)18)19-14(22)20-7-6-9-3-4-10(21)12(9)20/h2,5,9-10,12-13,21H,3-4,6-7H2,1H3,(H,19,22)/t9-,10+,12+,13?/m0/s1. The molecule has 8 heteroatoms. The maximum Gasteiger partial charge on any atom is 0.416 e. The average Bonchev–Trinajstić information content (AvgIpc) is 3.13. The number of hydrogen-bond donors (Lipinski definition) is 2. The highest BCUT2D eigenvalue weighted by Crippen LogP contribution is 2.39. The van der Waals surface area contributed by atoms with Gasteiger partial charge in [-0.15, -0.1) is 0 Å². The number of amides is 2. The third-order valence-corrected chi connectivity index (χ3v) is 4.71. The van der Waals surface area contributed by atoms with Gasteiger partial charge in [0.1, 0.15) is 11.5 Å². The highest BCUT2D eigenvalue weighted by atomic mass is 19.4. The number of nitrogens with zero attached hydrogens (tertiary/aromatic N) is 1. The van der Waals surface area contributed by atoms with E-state index in [0.29, 0.717) is 25.1 Å². The molecule has 2 heterocycles. The molecule has 0 radical (unpaired) electrons. The van der Waals surface area contributed by atoms with Gasteiger partial charge in [-0.2, -0.15) is 13.2 Å². The lowest BCUT2D eigenvalue weighted by Gasteiger charge is -2.29. The first-order valence-corrected chi connectivity index (χ1v) is 7.65. The smallest absolute Gasteiger partial charge is 0.416 e. The molecule has 2 amide bonds. The zero-order chi connectivity index (χ0) is 16.8. The predicted octanol–water partition coefficient (Wildman–Crippen LogP) is 2.75. The van der Waals surface area contributed by atoms with Crippen LogP contribution in [0.5, 0.6) is 0 Å². The minimum Gasteiger partial charge on any atom is -0.464 e. The van der Waals surface area contributed by atoms with Crippen LogP contribution < -0.4 is 5.32 Å². The molecule has 4 atom stereocenters. The summed E-state index contributed by atoms with van der Waals surface area (Å²) >= 11 is 0. The molecule has 1 saturated carbocycles. The Morgan fingerprint density at radius 3 is 2.74 bits per heavy atom. The van der Waals surface area contributed by atoms with Crippen LogP contribution in [-0.2, 0) is 0 Å². The van der Waals surface area contributed by atoms with E-state index in [1.54, 1.807) is 6.92 Å². The fourth-order valence-electron chi connectivity index (χ4n) is 3.64. The van der Waals surface area contributed by atoms with E-state index in [1.807, 2.05) is 5.32 Å². The summed E-state index contributed by atoms with van der Waals surface area (Å²) in [5.41, 5.74) is 0.